The van der Waals surface area contributed by atoms with E-state index in [0.29, 0.717) is 12.1 Å². The van der Waals surface area contributed by atoms with Crippen molar-refractivity contribution in [2.24, 2.45) is 0 Å². The van der Waals surface area contributed by atoms with Crippen LogP contribution >= 0.6 is 0 Å². The van der Waals surface area contributed by atoms with E-state index in [1.807, 2.05) is 0 Å². The fraction of sp³-hybridized carbons (Fsp3) is 0.250. The molecule has 2 N–H and O–H groups in total. The Morgan fingerprint density at radius 2 is 2.20 bits per heavy atom. The first-order valence-corrected chi connectivity index (χ1v) is 5.97. The van der Waals surface area contributed by atoms with E-state index in [9.17, 15) is 14.4 Å². The van der Waals surface area contributed by atoms with Crippen molar-refractivity contribution < 1.29 is 19.5 Å². The molecule has 3 rings (SSSR count). The third kappa shape index (κ3) is 1.81. The number of nitrogens with zero attached hydrogens (tertiary/aromatic N) is 3. The van der Waals surface area contributed by atoms with Crippen LogP contribution in [0, 0.1) is 0 Å². The molecular weight excluding hydrogens is 264 g/mol. The molecule has 1 aliphatic heterocycles. The summed E-state index contributed by atoms with van der Waals surface area (Å²) in [6.07, 6.45) is 1.99. The Bertz CT molecular complexity index is 736. The molecule has 2 amide bonds. The highest BCUT2D eigenvalue weighted by Crippen LogP contribution is 2.26. The van der Waals surface area contributed by atoms with Crippen LogP contribution in [0.5, 0.6) is 0 Å². The molecule has 2 aromatic heterocycles. The van der Waals surface area contributed by atoms with Gasteiger partial charge in [-0.05, 0) is 18.6 Å². The van der Waals surface area contributed by atoms with E-state index in [2.05, 4.69) is 15.5 Å². The predicted octanol–water partition coefficient (Wildman–Crippen LogP) is -0.0523. The van der Waals surface area contributed by atoms with Crippen molar-refractivity contribution in [3.8, 4) is 0 Å². The smallest absolute Gasteiger partial charge is 0.339 e. The van der Waals surface area contributed by atoms with E-state index in [1.54, 1.807) is 6.07 Å². The van der Waals surface area contributed by atoms with Crippen LogP contribution < -0.4 is 5.32 Å². The number of piperidine rings is 1. The number of carboxylic acid groups (broad SMARTS) is 1. The van der Waals surface area contributed by atoms with Crippen LogP contribution in [0.1, 0.15) is 34.8 Å². The lowest BCUT2D eigenvalue weighted by atomic mass is 9.94. The Labute approximate surface area is 112 Å². The maximum absolute atomic E-state index is 11.9. The number of imide groups is 1. The van der Waals surface area contributed by atoms with E-state index in [1.165, 1.54) is 16.8 Å². The number of hydrogen-bond donors (Lipinski definition) is 2. The monoisotopic (exact) mass is 274 g/mol. The topological polar surface area (TPSA) is 114 Å². The van der Waals surface area contributed by atoms with Crippen LogP contribution in [0.4, 0.5) is 0 Å². The highest BCUT2D eigenvalue weighted by Gasteiger charge is 2.30. The largest absolute Gasteiger partial charge is 0.478 e. The van der Waals surface area contributed by atoms with Crippen LogP contribution in [-0.4, -0.2) is 37.5 Å². The summed E-state index contributed by atoms with van der Waals surface area (Å²) in [6, 6.07) is 2.95. The summed E-state index contributed by atoms with van der Waals surface area (Å²) in [5.41, 5.74) is 0.762. The number of aromatic nitrogens is 3. The van der Waals surface area contributed by atoms with Gasteiger partial charge in [-0.3, -0.25) is 19.3 Å². The van der Waals surface area contributed by atoms with E-state index in [0.717, 1.165) is 0 Å². The molecule has 102 valence electrons. The lowest BCUT2D eigenvalue weighted by Crippen LogP contribution is -2.40. The number of hydrogen-bond acceptors (Lipinski definition) is 5. The summed E-state index contributed by atoms with van der Waals surface area (Å²) >= 11 is 0. The third-order valence-electron chi connectivity index (χ3n) is 3.31. The van der Waals surface area contributed by atoms with Crippen molar-refractivity contribution in [2.45, 2.75) is 18.8 Å². The molecular formula is C12H10N4O4. The van der Waals surface area contributed by atoms with Crippen molar-refractivity contribution in [1.82, 2.24) is 19.9 Å². The maximum Gasteiger partial charge on any atom is 0.339 e. The van der Waals surface area contributed by atoms with Crippen LogP contribution in [0.15, 0.2) is 18.5 Å². The van der Waals surface area contributed by atoms with Gasteiger partial charge in [0.05, 0.1) is 5.92 Å². The predicted molar refractivity (Wildman–Crippen MR) is 65.1 cm³/mol. The number of aromatic carboxylic acids is 1. The molecule has 1 fully saturated rings. The summed E-state index contributed by atoms with van der Waals surface area (Å²) < 4.78 is 1.48. The summed E-state index contributed by atoms with van der Waals surface area (Å²) in [4.78, 5) is 34.2. The van der Waals surface area contributed by atoms with Crippen molar-refractivity contribution in [3.05, 3.63) is 29.7 Å². The van der Waals surface area contributed by atoms with Crippen LogP contribution in [0.3, 0.4) is 0 Å². The first-order chi connectivity index (χ1) is 9.58. The molecule has 0 aliphatic carbocycles. The number of amides is 2. The first kappa shape index (κ1) is 12.3. The lowest BCUT2D eigenvalue weighted by Gasteiger charge is -2.21. The SMILES string of the molecule is O=C1CCC(c2ccc(C(=O)O)c3nncn23)C(=O)N1. The zero-order chi connectivity index (χ0) is 14.3. The number of carbonyl (C=O) groups excluding carboxylic acids is 2. The second-order valence-corrected chi connectivity index (χ2v) is 4.51. The molecule has 0 aromatic carbocycles. The second kappa shape index (κ2) is 4.41. The Morgan fingerprint density at radius 1 is 1.40 bits per heavy atom. The molecule has 20 heavy (non-hydrogen) atoms. The molecule has 8 nitrogen and oxygen atoms in total. The third-order valence-corrected chi connectivity index (χ3v) is 3.31. The van der Waals surface area contributed by atoms with E-state index in [4.69, 9.17) is 5.11 Å². The molecule has 0 bridgehead atoms. The summed E-state index contributed by atoms with van der Waals surface area (Å²) in [6.45, 7) is 0. The Hall–Kier alpha value is -2.77. The van der Waals surface area contributed by atoms with E-state index in [-0.39, 0.29) is 29.4 Å². The van der Waals surface area contributed by atoms with Gasteiger partial charge < -0.3 is 5.11 Å². The summed E-state index contributed by atoms with van der Waals surface area (Å²) in [5, 5.41) is 18.8. The van der Waals surface area contributed by atoms with E-state index >= 15 is 0 Å². The van der Waals surface area contributed by atoms with E-state index < -0.39 is 11.9 Å². The molecule has 0 spiro atoms. The molecule has 0 radical (unpaired) electrons. The number of fused-ring (bicyclic) bond motifs is 1. The minimum Gasteiger partial charge on any atom is -0.478 e. The maximum atomic E-state index is 11.9. The average Bonchev–Trinajstić information content (AvgIpc) is 2.87. The van der Waals surface area contributed by atoms with Gasteiger partial charge in [0, 0.05) is 12.1 Å². The van der Waals surface area contributed by atoms with Gasteiger partial charge in [0.2, 0.25) is 11.8 Å². The molecule has 0 saturated carbocycles. The van der Waals surface area contributed by atoms with Gasteiger partial charge in [-0.2, -0.15) is 0 Å². The Morgan fingerprint density at radius 3 is 2.90 bits per heavy atom. The number of nitrogens with one attached hydrogen (secondary N) is 1. The highest BCUT2D eigenvalue weighted by atomic mass is 16.4. The van der Waals surface area contributed by atoms with Gasteiger partial charge in [0.1, 0.15) is 11.9 Å². The fourth-order valence-electron chi connectivity index (χ4n) is 2.36. The number of carboxylic acids is 1. The quantitative estimate of drug-likeness (QED) is 0.742. The van der Waals surface area contributed by atoms with Gasteiger partial charge in [-0.25, -0.2) is 4.79 Å². The molecule has 1 unspecified atom stereocenters. The second-order valence-electron chi connectivity index (χ2n) is 4.51. The molecule has 1 saturated heterocycles. The molecule has 2 aromatic rings. The average molecular weight is 274 g/mol. The minimum absolute atomic E-state index is 0.0125. The van der Waals surface area contributed by atoms with Crippen molar-refractivity contribution in [2.75, 3.05) is 0 Å². The standard InChI is InChI=1S/C12H10N4O4/c17-9-4-2-6(11(18)14-9)8-3-1-7(12(19)20)10-15-13-5-16(8)10/h1,3,5-6H,2,4H2,(H,19,20)(H,14,17,18). The number of carbonyl (C=O) groups is 3. The zero-order valence-electron chi connectivity index (χ0n) is 10.2. The lowest BCUT2D eigenvalue weighted by molar-refractivity contribution is -0.134. The summed E-state index contributed by atoms with van der Waals surface area (Å²) in [5.74, 6) is -2.32. The van der Waals surface area contributed by atoms with Gasteiger partial charge in [0.15, 0.2) is 5.65 Å². The minimum atomic E-state index is -1.11. The zero-order valence-corrected chi connectivity index (χ0v) is 10.2. The van der Waals surface area contributed by atoms with Crippen LogP contribution in [0.2, 0.25) is 0 Å². The number of pyridine rings is 1. The Kier molecular flexibility index (Phi) is 2.70. The highest BCUT2D eigenvalue weighted by molar-refractivity contribution is 6.01. The van der Waals surface area contributed by atoms with Crippen molar-refractivity contribution >= 4 is 23.4 Å². The van der Waals surface area contributed by atoms with Crippen LogP contribution in [-0.2, 0) is 9.59 Å². The normalized spacial score (nSPS) is 19.1. The van der Waals surface area contributed by atoms with Crippen molar-refractivity contribution in [3.63, 3.8) is 0 Å². The molecule has 1 atom stereocenters. The molecule has 8 heteroatoms. The van der Waals surface area contributed by atoms with Gasteiger partial charge in [-0.15, -0.1) is 10.2 Å². The molecule has 3 heterocycles. The molecule has 1 aliphatic rings. The van der Waals surface area contributed by atoms with Crippen LogP contribution in [0.25, 0.3) is 5.65 Å². The Balaban J connectivity index is 2.11. The first-order valence-electron chi connectivity index (χ1n) is 5.97. The van der Waals surface area contributed by atoms with Gasteiger partial charge in [-0.1, -0.05) is 0 Å². The number of rotatable bonds is 2. The van der Waals surface area contributed by atoms with Gasteiger partial charge in [0.25, 0.3) is 0 Å². The van der Waals surface area contributed by atoms with Gasteiger partial charge >= 0.3 is 5.97 Å². The van der Waals surface area contributed by atoms with Crippen molar-refractivity contribution in [1.29, 1.82) is 0 Å². The fourth-order valence-corrected chi connectivity index (χ4v) is 2.36. The summed E-state index contributed by atoms with van der Waals surface area (Å²) in [7, 11) is 0.